The van der Waals surface area contributed by atoms with Crippen LogP contribution >= 0.6 is 0 Å². The molecule has 0 saturated heterocycles. The molecule has 0 unspecified atom stereocenters. The van der Waals surface area contributed by atoms with Crippen LogP contribution in [0.5, 0.6) is 5.75 Å². The van der Waals surface area contributed by atoms with Crippen LogP contribution in [0.25, 0.3) is 11.1 Å². The normalized spacial score (nSPS) is 18.7. The van der Waals surface area contributed by atoms with Gasteiger partial charge in [-0.3, -0.25) is 19.2 Å². The van der Waals surface area contributed by atoms with E-state index in [0.717, 1.165) is 36.1 Å². The number of carbonyl (C=O) groups is 4. The highest BCUT2D eigenvalue weighted by atomic mass is 16.3. The monoisotopic (exact) mass is 680 g/mol. The van der Waals surface area contributed by atoms with Gasteiger partial charge in [-0.25, -0.2) is 0 Å². The van der Waals surface area contributed by atoms with Gasteiger partial charge in [0.15, 0.2) is 0 Å². The Balaban J connectivity index is 1.76. The highest BCUT2D eigenvalue weighted by Gasteiger charge is 2.28. The van der Waals surface area contributed by atoms with Gasteiger partial charge in [-0.2, -0.15) is 0 Å². The molecule has 0 fully saturated rings. The number of hydrogen-bond donors (Lipinski definition) is 9. The number of rotatable bonds is 17. The van der Waals surface area contributed by atoms with E-state index in [2.05, 4.69) is 42.5 Å². The van der Waals surface area contributed by atoms with Crippen molar-refractivity contribution in [3.8, 4) is 16.9 Å². The first kappa shape index (κ1) is 39.4. The van der Waals surface area contributed by atoms with E-state index in [-0.39, 0.29) is 61.2 Å². The van der Waals surface area contributed by atoms with E-state index in [9.17, 15) is 24.3 Å². The summed E-state index contributed by atoms with van der Waals surface area (Å²) in [6, 6.07) is 11.2. The second-order valence-electron chi connectivity index (χ2n) is 12.6. The van der Waals surface area contributed by atoms with Crippen LogP contribution in [-0.2, 0) is 32.0 Å². The van der Waals surface area contributed by atoms with Crippen LogP contribution in [0, 0.1) is 0 Å². The molecule has 3 rings (SSSR count). The van der Waals surface area contributed by atoms with Crippen LogP contribution in [0.3, 0.4) is 0 Å². The van der Waals surface area contributed by atoms with Crippen LogP contribution in [0.15, 0.2) is 42.5 Å². The van der Waals surface area contributed by atoms with Crippen LogP contribution in [-0.4, -0.2) is 107 Å². The van der Waals surface area contributed by atoms with Gasteiger partial charge in [0, 0.05) is 44.4 Å². The molecule has 4 amide bonds. The lowest BCUT2D eigenvalue weighted by Crippen LogP contribution is -2.55. The molecule has 4 bridgehead atoms. The van der Waals surface area contributed by atoms with Crippen molar-refractivity contribution < 1.29 is 24.3 Å². The lowest BCUT2D eigenvalue weighted by atomic mass is 9.95. The summed E-state index contributed by atoms with van der Waals surface area (Å²) in [6.07, 6.45) is 3.67. The third kappa shape index (κ3) is 13.4. The minimum Gasteiger partial charge on any atom is -0.508 e. The molecule has 2 aromatic rings. The molecule has 13 nitrogen and oxygen atoms in total. The van der Waals surface area contributed by atoms with Gasteiger partial charge in [0.1, 0.15) is 11.8 Å². The Labute approximate surface area is 290 Å². The Morgan fingerprint density at radius 1 is 0.857 bits per heavy atom. The van der Waals surface area contributed by atoms with Crippen molar-refractivity contribution in [2.45, 2.75) is 75.5 Å². The van der Waals surface area contributed by atoms with Crippen molar-refractivity contribution >= 4 is 23.6 Å². The number of amides is 4. The van der Waals surface area contributed by atoms with Crippen molar-refractivity contribution in [1.82, 2.24) is 42.5 Å². The third-order valence-electron chi connectivity index (χ3n) is 8.85. The largest absolute Gasteiger partial charge is 0.508 e. The van der Waals surface area contributed by atoms with Crippen LogP contribution in [0.4, 0.5) is 0 Å². The Hall–Kier alpha value is -4.04. The van der Waals surface area contributed by atoms with Crippen molar-refractivity contribution in [3.63, 3.8) is 0 Å². The molecule has 0 aromatic heterocycles. The smallest absolute Gasteiger partial charge is 0.242 e. The van der Waals surface area contributed by atoms with Gasteiger partial charge in [0.2, 0.25) is 23.6 Å². The maximum atomic E-state index is 13.7. The van der Waals surface area contributed by atoms with Crippen molar-refractivity contribution in [1.29, 1.82) is 0 Å². The van der Waals surface area contributed by atoms with E-state index >= 15 is 0 Å². The summed E-state index contributed by atoms with van der Waals surface area (Å²) < 4.78 is 0. The lowest BCUT2D eigenvalue weighted by Gasteiger charge is -2.25. The average molecular weight is 681 g/mol. The van der Waals surface area contributed by atoms with E-state index in [1.165, 1.54) is 0 Å². The van der Waals surface area contributed by atoms with Crippen LogP contribution < -0.4 is 42.5 Å². The van der Waals surface area contributed by atoms with Crippen molar-refractivity contribution in [2.75, 3.05) is 54.4 Å². The van der Waals surface area contributed by atoms with Gasteiger partial charge < -0.3 is 47.6 Å². The molecule has 1 aliphatic rings. The molecule has 0 saturated carbocycles. The van der Waals surface area contributed by atoms with Gasteiger partial charge in [-0.15, -0.1) is 0 Å². The average Bonchev–Trinajstić information content (AvgIpc) is 3.08. The number of nitrogens with one attached hydrogen (secondary N) is 8. The van der Waals surface area contributed by atoms with E-state index in [1.807, 2.05) is 57.5 Å². The number of likely N-dealkylation sites (N-methyl/N-ethyl adjacent to an activating group) is 2. The second kappa shape index (κ2) is 21.1. The van der Waals surface area contributed by atoms with Gasteiger partial charge >= 0.3 is 0 Å². The SMILES string of the molecule is CNCCC[C@@H](CNC(=O)CCNC(=O)C[C@@H]1Cc2cccc(c2)-c2ccc(O)c(c2)C[C@H](NC)C(=O)N[C@@H](CCCNC)C(=O)N1)NC. The van der Waals surface area contributed by atoms with Crippen LogP contribution in [0.2, 0.25) is 0 Å². The number of phenols is 1. The van der Waals surface area contributed by atoms with Crippen molar-refractivity contribution in [3.05, 3.63) is 53.6 Å². The summed E-state index contributed by atoms with van der Waals surface area (Å²) in [7, 11) is 7.28. The molecule has 270 valence electrons. The quantitative estimate of drug-likeness (QED) is 0.106. The molecule has 2 aromatic carbocycles. The Kier molecular flexibility index (Phi) is 17.0. The number of hydrogen-bond acceptors (Lipinski definition) is 9. The molecule has 49 heavy (non-hydrogen) atoms. The summed E-state index contributed by atoms with van der Waals surface area (Å²) in [5.41, 5.74) is 3.31. The standard InChI is InChI=1S/C36H56N8O5/c1-37-15-6-10-28(39-3)23-42-33(46)14-17-41-34(47)22-29-19-24-8-5-9-25(18-24)26-12-13-32(45)27(20-26)21-31(40-4)36(49)44-30(35(48)43-29)11-7-16-38-2/h5,8-9,12-13,18,20,28-31,37-40,45H,6-7,10-11,14-17,19,21-23H2,1-4H3,(H,41,47)(H,42,46)(H,43,48)(H,44,49)/t28-,29-,30-,31-/m0/s1. The Bertz CT molecular complexity index is 1370. The van der Waals surface area contributed by atoms with E-state index in [1.54, 1.807) is 13.1 Å². The molecule has 0 radical (unpaired) electrons. The highest BCUT2D eigenvalue weighted by Crippen LogP contribution is 2.28. The third-order valence-corrected chi connectivity index (χ3v) is 8.85. The summed E-state index contributed by atoms with van der Waals surface area (Å²) in [5, 5.41) is 34.8. The fraction of sp³-hybridized carbons (Fsp3) is 0.556. The Morgan fingerprint density at radius 2 is 1.61 bits per heavy atom. The summed E-state index contributed by atoms with van der Waals surface area (Å²) in [5.74, 6) is -1.09. The van der Waals surface area contributed by atoms with Gasteiger partial charge in [-0.1, -0.05) is 30.3 Å². The zero-order chi connectivity index (χ0) is 35.6. The molecule has 13 heteroatoms. The molecule has 1 aliphatic heterocycles. The Morgan fingerprint density at radius 3 is 2.35 bits per heavy atom. The maximum absolute atomic E-state index is 13.7. The number of aromatic hydroxyl groups is 1. The van der Waals surface area contributed by atoms with Crippen molar-refractivity contribution in [2.24, 2.45) is 0 Å². The predicted molar refractivity (Wildman–Crippen MR) is 192 cm³/mol. The fourth-order valence-corrected chi connectivity index (χ4v) is 5.95. The van der Waals surface area contributed by atoms with Crippen LogP contribution in [0.1, 0.15) is 49.7 Å². The summed E-state index contributed by atoms with van der Waals surface area (Å²) in [4.78, 5) is 52.9. The predicted octanol–water partition coefficient (Wildman–Crippen LogP) is 0.315. The first-order valence-corrected chi connectivity index (χ1v) is 17.4. The first-order valence-electron chi connectivity index (χ1n) is 17.4. The van der Waals surface area contributed by atoms with Gasteiger partial charge in [0.25, 0.3) is 0 Å². The highest BCUT2D eigenvalue weighted by molar-refractivity contribution is 5.90. The number of fused-ring (bicyclic) bond motifs is 5. The number of benzene rings is 2. The molecule has 4 atom stereocenters. The first-order chi connectivity index (χ1) is 23.7. The van der Waals surface area contributed by atoms with E-state index in [4.69, 9.17) is 0 Å². The number of phenolic OH excluding ortho intramolecular Hbond substituents is 1. The lowest BCUT2D eigenvalue weighted by molar-refractivity contribution is -0.131. The zero-order valence-corrected chi connectivity index (χ0v) is 29.4. The molecular formula is C36H56N8O5. The van der Waals surface area contributed by atoms with E-state index in [0.29, 0.717) is 37.9 Å². The summed E-state index contributed by atoms with van der Waals surface area (Å²) in [6.45, 7) is 2.25. The van der Waals surface area contributed by atoms with E-state index < -0.39 is 18.1 Å². The maximum Gasteiger partial charge on any atom is 0.242 e. The molecule has 0 spiro atoms. The molecule has 9 N–H and O–H groups in total. The summed E-state index contributed by atoms with van der Waals surface area (Å²) >= 11 is 0. The molecule has 1 heterocycles. The minimum absolute atomic E-state index is 0.00937. The second-order valence-corrected chi connectivity index (χ2v) is 12.6. The topological polar surface area (TPSA) is 185 Å². The fourth-order valence-electron chi connectivity index (χ4n) is 5.95. The minimum atomic E-state index is -0.831. The van der Waals surface area contributed by atoms with Gasteiger partial charge in [0.05, 0.1) is 6.04 Å². The number of carbonyl (C=O) groups excluding carboxylic acids is 4. The molecular weight excluding hydrogens is 624 g/mol. The molecule has 0 aliphatic carbocycles. The zero-order valence-electron chi connectivity index (χ0n) is 29.4. The van der Waals surface area contributed by atoms with Gasteiger partial charge in [-0.05, 0) is 108 Å².